The minimum Gasteiger partial charge on any atom is -0.410 e. The quantitative estimate of drug-likeness (QED) is 0.859. The highest BCUT2D eigenvalue weighted by Crippen LogP contribution is 2.29. The Bertz CT molecular complexity index is 563. The van der Waals surface area contributed by atoms with Crippen molar-refractivity contribution in [1.82, 2.24) is 15.5 Å². The van der Waals surface area contributed by atoms with Crippen LogP contribution in [0, 0.1) is 0 Å². The maximum Gasteiger partial charge on any atom is 0.277 e. The lowest BCUT2D eigenvalue weighted by Gasteiger charge is -2.08. The number of carbonyl (C=O) groups is 1. The van der Waals surface area contributed by atoms with Gasteiger partial charge < -0.3 is 9.73 Å². The van der Waals surface area contributed by atoms with Gasteiger partial charge in [0.1, 0.15) is 0 Å². The molecule has 0 spiro atoms. The van der Waals surface area contributed by atoms with E-state index in [-0.39, 0.29) is 11.2 Å². The van der Waals surface area contributed by atoms with Gasteiger partial charge in [0.05, 0.1) is 10.1 Å². The van der Waals surface area contributed by atoms with E-state index in [1.54, 1.807) is 11.3 Å². The minimum atomic E-state index is -0.225. The van der Waals surface area contributed by atoms with Gasteiger partial charge in [-0.2, -0.15) is 0 Å². The maximum atomic E-state index is 11.8. The molecule has 2 aromatic heterocycles. The van der Waals surface area contributed by atoms with Crippen molar-refractivity contribution in [1.29, 1.82) is 0 Å². The first-order valence-corrected chi connectivity index (χ1v) is 7.83. The number of thioether (sulfide) groups is 1. The Labute approximate surface area is 118 Å². The number of thiophene rings is 1. The molecule has 1 saturated carbocycles. The number of hydrogen-bond acceptors (Lipinski definition) is 6. The van der Waals surface area contributed by atoms with Gasteiger partial charge in [0.2, 0.25) is 5.91 Å². The zero-order valence-electron chi connectivity index (χ0n) is 10.3. The highest BCUT2D eigenvalue weighted by atomic mass is 32.2. The number of nitrogens with zero attached hydrogens (tertiary/aromatic N) is 2. The summed E-state index contributed by atoms with van der Waals surface area (Å²) in [4.78, 5) is 12.8. The summed E-state index contributed by atoms with van der Waals surface area (Å²) in [7, 11) is 0. The summed E-state index contributed by atoms with van der Waals surface area (Å²) in [5, 5.41) is 13.1. The standard InChI is InChI=1S/C12H13N3O2S2/c1-7(10(16)13-8-4-5-8)19-12-15-14-11(17-12)9-3-2-6-18-9/h2-3,6-8H,4-5H2,1H3,(H,13,16)/t7-/m1/s1. The molecule has 100 valence electrons. The molecule has 1 aliphatic rings. The summed E-state index contributed by atoms with van der Waals surface area (Å²) < 4.78 is 5.54. The van der Waals surface area contributed by atoms with Crippen molar-refractivity contribution in [3.05, 3.63) is 17.5 Å². The molecule has 0 aliphatic heterocycles. The highest BCUT2D eigenvalue weighted by Gasteiger charge is 2.27. The molecule has 7 heteroatoms. The van der Waals surface area contributed by atoms with Crippen molar-refractivity contribution in [2.24, 2.45) is 0 Å². The minimum absolute atomic E-state index is 0.0309. The molecule has 19 heavy (non-hydrogen) atoms. The van der Waals surface area contributed by atoms with Crippen LogP contribution >= 0.6 is 23.1 Å². The Kier molecular flexibility index (Phi) is 3.56. The lowest BCUT2D eigenvalue weighted by atomic mass is 10.4. The Hall–Kier alpha value is -1.34. The topological polar surface area (TPSA) is 68.0 Å². The van der Waals surface area contributed by atoms with Crippen molar-refractivity contribution in [3.63, 3.8) is 0 Å². The maximum absolute atomic E-state index is 11.8. The average Bonchev–Trinajstić information content (AvgIpc) is 2.90. The normalized spacial score (nSPS) is 16.3. The number of rotatable bonds is 5. The SMILES string of the molecule is C[C@@H](Sc1nnc(-c2cccs2)o1)C(=O)NC1CC1. The van der Waals surface area contributed by atoms with E-state index in [1.807, 2.05) is 24.4 Å². The van der Waals surface area contributed by atoms with Gasteiger partial charge in [0, 0.05) is 6.04 Å². The summed E-state index contributed by atoms with van der Waals surface area (Å²) in [6, 6.07) is 4.23. The van der Waals surface area contributed by atoms with Crippen LogP contribution in [0.3, 0.4) is 0 Å². The van der Waals surface area contributed by atoms with Crippen LogP contribution in [0.25, 0.3) is 10.8 Å². The molecular weight excluding hydrogens is 282 g/mol. The van der Waals surface area contributed by atoms with Crippen molar-refractivity contribution >= 4 is 29.0 Å². The van der Waals surface area contributed by atoms with E-state index in [0.717, 1.165) is 17.7 Å². The fraction of sp³-hybridized carbons (Fsp3) is 0.417. The van der Waals surface area contributed by atoms with Crippen LogP contribution < -0.4 is 5.32 Å². The van der Waals surface area contributed by atoms with E-state index in [9.17, 15) is 4.79 Å². The highest BCUT2D eigenvalue weighted by molar-refractivity contribution is 8.00. The first kappa shape index (κ1) is 12.7. The summed E-state index contributed by atoms with van der Waals surface area (Å²) in [5.74, 6) is 0.538. The molecule has 1 amide bonds. The predicted molar refractivity (Wildman–Crippen MR) is 74.1 cm³/mol. The Balaban J connectivity index is 1.61. The van der Waals surface area contributed by atoms with E-state index in [1.165, 1.54) is 11.8 Å². The Morgan fingerprint density at radius 2 is 2.42 bits per heavy atom. The number of aromatic nitrogens is 2. The molecule has 0 unspecified atom stereocenters. The third kappa shape index (κ3) is 3.16. The molecule has 3 rings (SSSR count). The van der Waals surface area contributed by atoms with Gasteiger partial charge in [-0.1, -0.05) is 17.8 Å². The van der Waals surface area contributed by atoms with Crippen molar-refractivity contribution < 1.29 is 9.21 Å². The average molecular weight is 295 g/mol. The van der Waals surface area contributed by atoms with Gasteiger partial charge in [-0.25, -0.2) is 0 Å². The molecule has 0 bridgehead atoms. The van der Waals surface area contributed by atoms with Crippen molar-refractivity contribution in [2.75, 3.05) is 0 Å². The summed E-state index contributed by atoms with van der Waals surface area (Å²) in [6.07, 6.45) is 2.18. The fourth-order valence-electron chi connectivity index (χ4n) is 1.51. The fourth-order valence-corrected chi connectivity index (χ4v) is 2.84. The molecule has 2 heterocycles. The summed E-state index contributed by atoms with van der Waals surface area (Å²) >= 11 is 2.84. The molecule has 5 nitrogen and oxygen atoms in total. The van der Waals surface area contributed by atoms with E-state index >= 15 is 0 Å². The molecule has 1 N–H and O–H groups in total. The molecule has 1 fully saturated rings. The molecule has 1 aliphatic carbocycles. The second-order valence-corrected chi connectivity index (χ2v) is 6.63. The van der Waals surface area contributed by atoms with E-state index in [0.29, 0.717) is 17.2 Å². The number of amides is 1. The van der Waals surface area contributed by atoms with Crippen LogP contribution in [0.4, 0.5) is 0 Å². The van der Waals surface area contributed by atoms with E-state index in [2.05, 4.69) is 15.5 Å². The second-order valence-electron chi connectivity index (χ2n) is 4.39. The first-order valence-electron chi connectivity index (χ1n) is 6.07. The van der Waals surface area contributed by atoms with Crippen LogP contribution in [-0.4, -0.2) is 27.4 Å². The molecule has 0 aromatic carbocycles. The van der Waals surface area contributed by atoms with Gasteiger partial charge >= 0.3 is 0 Å². The van der Waals surface area contributed by atoms with Gasteiger partial charge in [-0.3, -0.25) is 4.79 Å². The van der Waals surface area contributed by atoms with Gasteiger partial charge in [-0.15, -0.1) is 21.5 Å². The molecule has 2 aromatic rings. The van der Waals surface area contributed by atoms with Crippen LogP contribution in [0.2, 0.25) is 0 Å². The van der Waals surface area contributed by atoms with Crippen molar-refractivity contribution in [3.8, 4) is 10.8 Å². The zero-order chi connectivity index (χ0) is 13.2. The number of nitrogens with one attached hydrogen (secondary N) is 1. The van der Waals surface area contributed by atoms with Crippen LogP contribution in [-0.2, 0) is 4.79 Å². The molecule has 0 saturated heterocycles. The number of hydrogen-bond donors (Lipinski definition) is 1. The van der Waals surface area contributed by atoms with Crippen LogP contribution in [0.15, 0.2) is 27.2 Å². The Morgan fingerprint density at radius 3 is 3.11 bits per heavy atom. The molecule has 0 radical (unpaired) electrons. The predicted octanol–water partition coefficient (Wildman–Crippen LogP) is 2.56. The van der Waals surface area contributed by atoms with Crippen LogP contribution in [0.1, 0.15) is 19.8 Å². The lowest BCUT2D eigenvalue weighted by molar-refractivity contribution is -0.120. The number of carbonyl (C=O) groups excluding carboxylic acids is 1. The van der Waals surface area contributed by atoms with E-state index in [4.69, 9.17) is 4.42 Å². The third-order valence-electron chi connectivity index (χ3n) is 2.71. The van der Waals surface area contributed by atoms with Crippen LogP contribution in [0.5, 0.6) is 0 Å². The molecular formula is C12H13N3O2S2. The summed E-state index contributed by atoms with van der Waals surface area (Å²) in [6.45, 7) is 1.84. The van der Waals surface area contributed by atoms with Gasteiger partial charge in [0.25, 0.3) is 11.1 Å². The van der Waals surface area contributed by atoms with E-state index < -0.39 is 0 Å². The first-order chi connectivity index (χ1) is 9.22. The van der Waals surface area contributed by atoms with Crippen molar-refractivity contribution in [2.45, 2.75) is 36.3 Å². The monoisotopic (exact) mass is 295 g/mol. The van der Waals surface area contributed by atoms with Gasteiger partial charge in [-0.05, 0) is 31.2 Å². The third-order valence-corrected chi connectivity index (χ3v) is 4.50. The molecule has 1 atom stereocenters. The Morgan fingerprint density at radius 1 is 1.58 bits per heavy atom. The largest absolute Gasteiger partial charge is 0.410 e. The zero-order valence-corrected chi connectivity index (χ0v) is 12.0. The van der Waals surface area contributed by atoms with Gasteiger partial charge in [0.15, 0.2) is 0 Å². The second kappa shape index (κ2) is 5.34. The lowest BCUT2D eigenvalue weighted by Crippen LogP contribution is -2.32. The smallest absolute Gasteiger partial charge is 0.277 e. The summed E-state index contributed by atoms with van der Waals surface area (Å²) in [5.41, 5.74) is 0.